The minimum atomic E-state index is -0.342. The molecule has 5 nitrogen and oxygen atoms in total. The lowest BCUT2D eigenvalue weighted by atomic mass is 10.3. The van der Waals surface area contributed by atoms with E-state index in [4.69, 9.17) is 0 Å². The molecule has 0 aliphatic carbocycles. The molecular weight excluding hydrogens is 238 g/mol. The van der Waals surface area contributed by atoms with Gasteiger partial charge in [0.25, 0.3) is 0 Å². The van der Waals surface area contributed by atoms with Gasteiger partial charge in [-0.15, -0.1) is 0 Å². The third-order valence-corrected chi connectivity index (χ3v) is 3.29. The maximum atomic E-state index is 10.5. The molecule has 0 aliphatic rings. The largest absolute Gasteiger partial charge is 0.324 e. The van der Waals surface area contributed by atoms with E-state index in [0.29, 0.717) is 6.54 Å². The molecule has 0 saturated heterocycles. The number of hydrogen-bond acceptors (Lipinski definition) is 5. The molecule has 0 aromatic carbocycles. The molecule has 1 aromatic heterocycles. The number of rotatable bonds is 8. The van der Waals surface area contributed by atoms with Crippen LogP contribution in [0.4, 0.5) is 5.00 Å². The van der Waals surface area contributed by atoms with Crippen molar-refractivity contribution in [1.82, 2.24) is 10.2 Å². The van der Waals surface area contributed by atoms with E-state index in [0.717, 1.165) is 25.1 Å². The van der Waals surface area contributed by atoms with Crippen LogP contribution in [0.3, 0.4) is 0 Å². The lowest BCUT2D eigenvalue weighted by molar-refractivity contribution is -0.380. The van der Waals surface area contributed by atoms with Crippen LogP contribution in [0.1, 0.15) is 18.4 Å². The Morgan fingerprint density at radius 3 is 2.82 bits per heavy atom. The zero-order valence-corrected chi connectivity index (χ0v) is 11.1. The summed E-state index contributed by atoms with van der Waals surface area (Å²) in [6.45, 7) is 2.77. The van der Waals surface area contributed by atoms with Gasteiger partial charge in [0, 0.05) is 18.0 Å². The highest BCUT2D eigenvalue weighted by Crippen LogP contribution is 2.22. The van der Waals surface area contributed by atoms with E-state index in [9.17, 15) is 10.1 Å². The van der Waals surface area contributed by atoms with E-state index in [-0.39, 0.29) is 9.92 Å². The fourth-order valence-electron chi connectivity index (χ4n) is 1.46. The van der Waals surface area contributed by atoms with Crippen LogP contribution in [0.5, 0.6) is 0 Å². The molecule has 0 unspecified atom stereocenters. The Morgan fingerprint density at radius 2 is 2.24 bits per heavy atom. The second-order valence-electron chi connectivity index (χ2n) is 4.24. The maximum Gasteiger partial charge on any atom is 0.324 e. The Bertz CT molecular complexity index is 352. The standard InChI is InChI=1S/C11H19N3O2S/c1-13(2)6-4-3-5-12-8-10-7-11(14(15)16)17-9-10/h7,9,12H,3-6,8H2,1-2H3. The lowest BCUT2D eigenvalue weighted by Crippen LogP contribution is -2.17. The first-order valence-electron chi connectivity index (χ1n) is 5.67. The number of nitrogens with one attached hydrogen (secondary N) is 1. The lowest BCUT2D eigenvalue weighted by Gasteiger charge is -2.08. The van der Waals surface area contributed by atoms with Crippen LogP contribution in [0, 0.1) is 10.1 Å². The zero-order valence-electron chi connectivity index (χ0n) is 10.3. The Morgan fingerprint density at radius 1 is 1.47 bits per heavy atom. The SMILES string of the molecule is CN(C)CCCCNCc1csc([N+](=O)[O-])c1. The summed E-state index contributed by atoms with van der Waals surface area (Å²) in [5, 5.41) is 15.8. The van der Waals surface area contributed by atoms with Crippen LogP contribution in [0.15, 0.2) is 11.4 Å². The molecule has 0 aliphatic heterocycles. The first-order valence-corrected chi connectivity index (χ1v) is 6.55. The molecule has 0 amide bonds. The molecule has 6 heteroatoms. The molecular formula is C11H19N3O2S. The van der Waals surface area contributed by atoms with E-state index < -0.39 is 0 Å². The first kappa shape index (κ1) is 14.1. The third-order valence-electron chi connectivity index (χ3n) is 2.36. The smallest absolute Gasteiger partial charge is 0.313 e. The number of nitrogens with zero attached hydrogens (tertiary/aromatic N) is 2. The molecule has 0 atom stereocenters. The van der Waals surface area contributed by atoms with Crippen molar-refractivity contribution < 1.29 is 4.92 Å². The highest BCUT2D eigenvalue weighted by atomic mass is 32.1. The van der Waals surface area contributed by atoms with Crippen LogP contribution in [-0.4, -0.2) is 37.0 Å². The number of hydrogen-bond donors (Lipinski definition) is 1. The molecule has 96 valence electrons. The van der Waals surface area contributed by atoms with E-state index in [1.54, 1.807) is 6.07 Å². The summed E-state index contributed by atoms with van der Waals surface area (Å²) >= 11 is 1.18. The van der Waals surface area contributed by atoms with Crippen molar-refractivity contribution >= 4 is 16.3 Å². The minimum Gasteiger partial charge on any atom is -0.313 e. The fraction of sp³-hybridized carbons (Fsp3) is 0.636. The van der Waals surface area contributed by atoms with E-state index in [1.165, 1.54) is 17.8 Å². The van der Waals surface area contributed by atoms with Crippen LogP contribution < -0.4 is 5.32 Å². The summed E-state index contributed by atoms with van der Waals surface area (Å²) in [6.07, 6.45) is 2.30. The molecule has 1 aromatic rings. The van der Waals surface area contributed by atoms with Gasteiger partial charge in [-0.3, -0.25) is 10.1 Å². The van der Waals surface area contributed by atoms with Crippen molar-refractivity contribution in [3.63, 3.8) is 0 Å². The quantitative estimate of drug-likeness (QED) is 0.440. The topological polar surface area (TPSA) is 58.4 Å². The Balaban J connectivity index is 2.11. The van der Waals surface area contributed by atoms with Crippen LogP contribution in [-0.2, 0) is 6.54 Å². The predicted octanol–water partition coefficient (Wildman–Crippen LogP) is 2.09. The summed E-state index contributed by atoms with van der Waals surface area (Å²) < 4.78 is 0. The number of nitro groups is 1. The molecule has 1 rings (SSSR count). The molecule has 0 fully saturated rings. The average Bonchev–Trinajstić information content (AvgIpc) is 2.71. The van der Waals surface area contributed by atoms with Crippen molar-refractivity contribution in [2.75, 3.05) is 27.2 Å². The van der Waals surface area contributed by atoms with Gasteiger partial charge in [-0.2, -0.15) is 0 Å². The van der Waals surface area contributed by atoms with Gasteiger partial charge in [0.15, 0.2) is 0 Å². The minimum absolute atomic E-state index is 0.217. The van der Waals surface area contributed by atoms with E-state index >= 15 is 0 Å². The van der Waals surface area contributed by atoms with Crippen LogP contribution in [0.2, 0.25) is 0 Å². The normalized spacial score (nSPS) is 11.0. The van der Waals surface area contributed by atoms with Crippen molar-refractivity contribution in [3.05, 3.63) is 27.1 Å². The number of unbranched alkanes of at least 4 members (excludes halogenated alkanes) is 1. The van der Waals surface area contributed by atoms with Gasteiger partial charge in [-0.1, -0.05) is 11.3 Å². The highest BCUT2D eigenvalue weighted by molar-refractivity contribution is 7.13. The highest BCUT2D eigenvalue weighted by Gasteiger charge is 2.08. The Kier molecular flexibility index (Phi) is 6.10. The second-order valence-corrected chi connectivity index (χ2v) is 5.13. The molecule has 0 bridgehead atoms. The van der Waals surface area contributed by atoms with Crippen molar-refractivity contribution in [1.29, 1.82) is 0 Å². The molecule has 1 heterocycles. The fourth-order valence-corrected chi connectivity index (χ4v) is 2.19. The van der Waals surface area contributed by atoms with Gasteiger partial charge in [0.1, 0.15) is 0 Å². The summed E-state index contributed by atoms with van der Waals surface area (Å²) in [7, 11) is 4.13. The van der Waals surface area contributed by atoms with Gasteiger partial charge in [-0.25, -0.2) is 0 Å². The predicted molar refractivity (Wildman–Crippen MR) is 70.5 cm³/mol. The van der Waals surface area contributed by atoms with Crippen LogP contribution in [0.25, 0.3) is 0 Å². The van der Waals surface area contributed by atoms with Gasteiger partial charge in [0.2, 0.25) is 0 Å². The zero-order chi connectivity index (χ0) is 12.7. The summed E-state index contributed by atoms with van der Waals surface area (Å²) in [5.74, 6) is 0. The second kappa shape index (κ2) is 7.37. The summed E-state index contributed by atoms with van der Waals surface area (Å²) in [4.78, 5) is 12.3. The van der Waals surface area contributed by atoms with Gasteiger partial charge in [-0.05, 0) is 45.6 Å². The molecule has 17 heavy (non-hydrogen) atoms. The molecule has 0 saturated carbocycles. The monoisotopic (exact) mass is 257 g/mol. The van der Waals surface area contributed by atoms with Crippen molar-refractivity contribution in [2.45, 2.75) is 19.4 Å². The van der Waals surface area contributed by atoms with Gasteiger partial charge < -0.3 is 10.2 Å². The first-order chi connectivity index (χ1) is 8.09. The summed E-state index contributed by atoms with van der Waals surface area (Å²) in [6, 6.07) is 1.64. The van der Waals surface area contributed by atoms with Gasteiger partial charge >= 0.3 is 5.00 Å². The van der Waals surface area contributed by atoms with Crippen molar-refractivity contribution in [2.24, 2.45) is 0 Å². The van der Waals surface area contributed by atoms with E-state index in [2.05, 4.69) is 24.3 Å². The molecule has 1 N–H and O–H groups in total. The van der Waals surface area contributed by atoms with E-state index in [1.807, 2.05) is 5.38 Å². The molecule has 0 spiro atoms. The van der Waals surface area contributed by atoms with Gasteiger partial charge in [0.05, 0.1) is 4.92 Å². The molecule has 0 radical (unpaired) electrons. The van der Waals surface area contributed by atoms with Crippen molar-refractivity contribution in [3.8, 4) is 0 Å². The Hall–Kier alpha value is -0.980. The number of thiophene rings is 1. The van der Waals surface area contributed by atoms with Crippen LogP contribution >= 0.6 is 11.3 Å². The summed E-state index contributed by atoms with van der Waals surface area (Å²) in [5.41, 5.74) is 0.995. The Labute approximate surface area is 106 Å². The third kappa shape index (κ3) is 5.76. The maximum absolute atomic E-state index is 10.5. The average molecular weight is 257 g/mol.